The number of amides is 2. The Balaban J connectivity index is 2.15. The highest BCUT2D eigenvalue weighted by Gasteiger charge is 2.11. The molecule has 0 fully saturated rings. The van der Waals surface area contributed by atoms with Gasteiger partial charge in [-0.15, -0.1) is 0 Å². The highest BCUT2D eigenvalue weighted by Crippen LogP contribution is 2.30. The van der Waals surface area contributed by atoms with Gasteiger partial charge < -0.3 is 24.8 Å². The number of methoxy groups -OCH3 is 3. The monoisotopic (exact) mass is 336 g/mol. The smallest absolute Gasteiger partial charge is 0.323 e. The first-order chi connectivity index (χ1) is 11.1. The van der Waals surface area contributed by atoms with Crippen LogP contribution in [0.4, 0.5) is 16.2 Å². The number of hydrogen-bond donors (Lipinski definition) is 2. The molecule has 2 N–H and O–H groups in total. The summed E-state index contributed by atoms with van der Waals surface area (Å²) < 4.78 is 15.5. The molecule has 6 nitrogen and oxygen atoms in total. The van der Waals surface area contributed by atoms with E-state index in [0.29, 0.717) is 33.6 Å². The van der Waals surface area contributed by atoms with E-state index in [4.69, 9.17) is 25.8 Å². The molecule has 0 aliphatic carbocycles. The van der Waals surface area contributed by atoms with Crippen molar-refractivity contribution in [1.29, 1.82) is 0 Å². The van der Waals surface area contributed by atoms with Gasteiger partial charge in [0.15, 0.2) is 0 Å². The number of urea groups is 1. The van der Waals surface area contributed by atoms with Gasteiger partial charge in [0.05, 0.1) is 32.7 Å². The Hall–Kier alpha value is -2.60. The fourth-order valence-electron chi connectivity index (χ4n) is 1.96. The van der Waals surface area contributed by atoms with Crippen molar-refractivity contribution < 1.29 is 19.0 Å². The van der Waals surface area contributed by atoms with E-state index in [2.05, 4.69) is 10.6 Å². The van der Waals surface area contributed by atoms with E-state index in [1.807, 2.05) is 0 Å². The van der Waals surface area contributed by atoms with Crippen LogP contribution in [0.25, 0.3) is 0 Å². The van der Waals surface area contributed by atoms with Crippen molar-refractivity contribution in [1.82, 2.24) is 0 Å². The SMILES string of the molecule is COc1ccc(NC(=O)Nc2cc(Cl)ccc2OC)c(OC)c1. The number of carbonyl (C=O) groups is 1. The van der Waals surface area contributed by atoms with Gasteiger partial charge in [0, 0.05) is 11.1 Å². The van der Waals surface area contributed by atoms with Crippen LogP contribution >= 0.6 is 11.6 Å². The number of hydrogen-bond acceptors (Lipinski definition) is 4. The molecule has 2 amide bonds. The summed E-state index contributed by atoms with van der Waals surface area (Å²) in [5, 5.41) is 5.88. The number of halogens is 1. The van der Waals surface area contributed by atoms with E-state index < -0.39 is 6.03 Å². The third-order valence-corrected chi connectivity index (χ3v) is 3.30. The van der Waals surface area contributed by atoms with Crippen molar-refractivity contribution in [3.8, 4) is 17.2 Å². The Kier molecular flexibility index (Phi) is 5.54. The molecule has 0 aromatic heterocycles. The lowest BCUT2D eigenvalue weighted by molar-refractivity contribution is 0.262. The molecule has 0 saturated carbocycles. The fraction of sp³-hybridized carbons (Fsp3) is 0.188. The largest absolute Gasteiger partial charge is 0.497 e. The molecule has 2 aromatic rings. The quantitative estimate of drug-likeness (QED) is 0.865. The number of benzene rings is 2. The van der Waals surface area contributed by atoms with Crippen molar-refractivity contribution in [3.05, 3.63) is 41.4 Å². The van der Waals surface area contributed by atoms with Gasteiger partial charge in [-0.05, 0) is 30.3 Å². The minimum atomic E-state index is -0.450. The zero-order chi connectivity index (χ0) is 16.8. The summed E-state index contributed by atoms with van der Waals surface area (Å²) in [6, 6.07) is 9.58. The van der Waals surface area contributed by atoms with Gasteiger partial charge in [-0.3, -0.25) is 0 Å². The van der Waals surface area contributed by atoms with Crippen molar-refractivity contribution in [2.75, 3.05) is 32.0 Å². The van der Waals surface area contributed by atoms with Crippen LogP contribution in [0.15, 0.2) is 36.4 Å². The molecule has 0 aliphatic heterocycles. The molecular formula is C16H17ClN2O4. The van der Waals surface area contributed by atoms with Gasteiger partial charge in [0.2, 0.25) is 0 Å². The van der Waals surface area contributed by atoms with Gasteiger partial charge >= 0.3 is 6.03 Å². The lowest BCUT2D eigenvalue weighted by atomic mass is 10.2. The molecule has 0 radical (unpaired) electrons. The van der Waals surface area contributed by atoms with E-state index in [9.17, 15) is 4.79 Å². The van der Waals surface area contributed by atoms with Crippen LogP contribution in [-0.4, -0.2) is 27.4 Å². The number of ether oxygens (including phenoxy) is 3. The molecule has 2 rings (SSSR count). The van der Waals surface area contributed by atoms with E-state index in [1.54, 1.807) is 43.5 Å². The molecule has 7 heteroatoms. The summed E-state index contributed by atoms with van der Waals surface area (Å²) in [6.45, 7) is 0. The van der Waals surface area contributed by atoms with Crippen LogP contribution in [0, 0.1) is 0 Å². The van der Waals surface area contributed by atoms with Gasteiger partial charge in [-0.2, -0.15) is 0 Å². The molecule has 0 saturated heterocycles. The van der Waals surface area contributed by atoms with E-state index in [1.165, 1.54) is 14.2 Å². The summed E-state index contributed by atoms with van der Waals surface area (Å²) in [7, 11) is 4.58. The number of anilines is 2. The summed E-state index contributed by atoms with van der Waals surface area (Å²) in [4.78, 5) is 12.2. The maximum absolute atomic E-state index is 12.2. The van der Waals surface area contributed by atoms with Crippen LogP contribution in [0.3, 0.4) is 0 Å². The molecule has 0 atom stereocenters. The summed E-state index contributed by atoms with van der Waals surface area (Å²) in [6.07, 6.45) is 0. The average molecular weight is 337 g/mol. The normalized spacial score (nSPS) is 9.91. The Bertz CT molecular complexity index is 706. The second kappa shape index (κ2) is 7.60. The molecule has 122 valence electrons. The highest BCUT2D eigenvalue weighted by atomic mass is 35.5. The summed E-state index contributed by atoms with van der Waals surface area (Å²) in [5.41, 5.74) is 0.969. The van der Waals surface area contributed by atoms with Crippen molar-refractivity contribution in [3.63, 3.8) is 0 Å². The zero-order valence-corrected chi connectivity index (χ0v) is 13.7. The van der Waals surface area contributed by atoms with E-state index >= 15 is 0 Å². The second-order valence-corrected chi connectivity index (χ2v) is 4.93. The average Bonchev–Trinajstić information content (AvgIpc) is 2.55. The first-order valence-electron chi connectivity index (χ1n) is 6.71. The predicted octanol–water partition coefficient (Wildman–Crippen LogP) is 4.01. The van der Waals surface area contributed by atoms with Crippen LogP contribution in [-0.2, 0) is 0 Å². The third-order valence-electron chi connectivity index (χ3n) is 3.07. The summed E-state index contributed by atoms with van der Waals surface area (Å²) in [5.74, 6) is 1.62. The molecule has 0 aliphatic rings. The number of rotatable bonds is 5. The molecule has 0 unspecified atom stereocenters. The highest BCUT2D eigenvalue weighted by molar-refractivity contribution is 6.31. The molecule has 0 spiro atoms. The van der Waals surface area contributed by atoms with Crippen LogP contribution in [0.5, 0.6) is 17.2 Å². The van der Waals surface area contributed by atoms with Crippen LogP contribution in [0.1, 0.15) is 0 Å². The first-order valence-corrected chi connectivity index (χ1v) is 7.08. The molecule has 23 heavy (non-hydrogen) atoms. The summed E-state index contributed by atoms with van der Waals surface area (Å²) >= 11 is 5.94. The van der Waals surface area contributed by atoms with Gasteiger partial charge in [0.1, 0.15) is 17.2 Å². The maximum Gasteiger partial charge on any atom is 0.323 e. The molecule has 0 bridgehead atoms. The fourth-order valence-corrected chi connectivity index (χ4v) is 2.13. The van der Waals surface area contributed by atoms with Crippen LogP contribution < -0.4 is 24.8 Å². The lowest BCUT2D eigenvalue weighted by Crippen LogP contribution is -2.20. The van der Waals surface area contributed by atoms with Crippen molar-refractivity contribution in [2.24, 2.45) is 0 Å². The Morgan fingerprint density at radius 2 is 1.57 bits per heavy atom. The van der Waals surface area contributed by atoms with Crippen molar-refractivity contribution >= 4 is 29.0 Å². The predicted molar refractivity (Wildman–Crippen MR) is 90.2 cm³/mol. The topological polar surface area (TPSA) is 68.8 Å². The van der Waals surface area contributed by atoms with E-state index in [-0.39, 0.29) is 0 Å². The standard InChI is InChI=1S/C16H17ClN2O4/c1-21-11-5-6-12(15(9-11)23-3)18-16(20)19-13-8-10(17)4-7-14(13)22-2/h4-9H,1-3H3,(H2,18,19,20). The van der Waals surface area contributed by atoms with Gasteiger partial charge in [-0.1, -0.05) is 11.6 Å². The zero-order valence-electron chi connectivity index (χ0n) is 13.0. The number of nitrogens with one attached hydrogen (secondary N) is 2. The molecular weight excluding hydrogens is 320 g/mol. The van der Waals surface area contributed by atoms with Gasteiger partial charge in [-0.25, -0.2) is 4.79 Å². The minimum Gasteiger partial charge on any atom is -0.497 e. The maximum atomic E-state index is 12.2. The Morgan fingerprint density at radius 3 is 2.22 bits per heavy atom. The van der Waals surface area contributed by atoms with E-state index in [0.717, 1.165) is 0 Å². The number of carbonyl (C=O) groups excluding carboxylic acids is 1. The second-order valence-electron chi connectivity index (χ2n) is 4.49. The minimum absolute atomic E-state index is 0.450. The lowest BCUT2D eigenvalue weighted by Gasteiger charge is -2.14. The van der Waals surface area contributed by atoms with Crippen molar-refractivity contribution in [2.45, 2.75) is 0 Å². The molecule has 2 aromatic carbocycles. The Morgan fingerprint density at radius 1 is 0.870 bits per heavy atom. The third kappa shape index (κ3) is 4.20. The Labute approximate surface area is 139 Å². The van der Waals surface area contributed by atoms with Gasteiger partial charge in [0.25, 0.3) is 0 Å². The molecule has 0 heterocycles. The first kappa shape index (κ1) is 16.8. The van der Waals surface area contributed by atoms with Crippen LogP contribution in [0.2, 0.25) is 5.02 Å².